The second-order valence-corrected chi connectivity index (χ2v) is 4.83. The number of anilines is 2. The summed E-state index contributed by atoms with van der Waals surface area (Å²) in [5.74, 6) is 0.197. The lowest BCUT2D eigenvalue weighted by molar-refractivity contribution is 0.102. The van der Waals surface area contributed by atoms with Gasteiger partial charge in [0.1, 0.15) is 11.3 Å². The molecule has 2 aromatic rings. The van der Waals surface area contributed by atoms with E-state index >= 15 is 0 Å². The molecule has 0 aromatic heterocycles. The van der Waals surface area contributed by atoms with Gasteiger partial charge in [-0.15, -0.1) is 0 Å². The summed E-state index contributed by atoms with van der Waals surface area (Å²) in [7, 11) is 1.52. The first-order chi connectivity index (χ1) is 10.2. The van der Waals surface area contributed by atoms with Crippen molar-refractivity contribution in [2.45, 2.75) is 19.8 Å². The van der Waals surface area contributed by atoms with E-state index in [0.29, 0.717) is 17.0 Å². The van der Waals surface area contributed by atoms with Crippen molar-refractivity contribution in [1.29, 1.82) is 0 Å². The average Bonchev–Trinajstić information content (AvgIpc) is 2.49. The van der Waals surface area contributed by atoms with E-state index in [-0.39, 0.29) is 5.91 Å². The molecule has 4 heteroatoms. The third-order valence-corrected chi connectivity index (χ3v) is 3.26. The minimum absolute atomic E-state index is 0.270. The molecular weight excluding hydrogens is 264 g/mol. The van der Waals surface area contributed by atoms with Gasteiger partial charge in [0.25, 0.3) is 5.91 Å². The van der Waals surface area contributed by atoms with Crippen LogP contribution in [0.2, 0.25) is 0 Å². The molecule has 0 atom stereocenters. The number of carbonyl (C=O) groups excluding carboxylic acids is 1. The summed E-state index contributed by atoms with van der Waals surface area (Å²) in [5, 5.41) is 2.84. The second-order valence-electron chi connectivity index (χ2n) is 4.83. The molecule has 2 rings (SSSR count). The second kappa shape index (κ2) is 6.79. The first-order valence-electron chi connectivity index (χ1n) is 6.98. The van der Waals surface area contributed by atoms with Crippen LogP contribution in [0.4, 0.5) is 11.4 Å². The molecule has 4 nitrogen and oxygen atoms in total. The third-order valence-electron chi connectivity index (χ3n) is 3.26. The molecule has 3 N–H and O–H groups in total. The zero-order valence-electron chi connectivity index (χ0n) is 12.3. The fourth-order valence-electron chi connectivity index (χ4n) is 2.20. The van der Waals surface area contributed by atoms with Gasteiger partial charge in [-0.1, -0.05) is 31.5 Å². The van der Waals surface area contributed by atoms with E-state index < -0.39 is 0 Å². The Balaban J connectivity index is 2.18. The minimum Gasteiger partial charge on any atom is -0.496 e. The van der Waals surface area contributed by atoms with Crippen molar-refractivity contribution < 1.29 is 9.53 Å². The Morgan fingerprint density at radius 3 is 2.52 bits per heavy atom. The van der Waals surface area contributed by atoms with Crippen LogP contribution >= 0.6 is 0 Å². The number of methoxy groups -OCH3 is 1. The van der Waals surface area contributed by atoms with Gasteiger partial charge in [0.2, 0.25) is 0 Å². The van der Waals surface area contributed by atoms with E-state index in [4.69, 9.17) is 10.5 Å². The first kappa shape index (κ1) is 14.9. The van der Waals surface area contributed by atoms with E-state index in [1.54, 1.807) is 18.2 Å². The molecule has 0 spiro atoms. The Bertz CT molecular complexity index is 621. The molecule has 0 aliphatic rings. The Labute approximate surface area is 124 Å². The van der Waals surface area contributed by atoms with E-state index in [0.717, 1.165) is 18.5 Å². The number of benzene rings is 2. The monoisotopic (exact) mass is 284 g/mol. The number of aryl methyl sites for hydroxylation is 1. The Kier molecular flexibility index (Phi) is 4.82. The largest absolute Gasteiger partial charge is 0.496 e. The number of rotatable bonds is 5. The van der Waals surface area contributed by atoms with Gasteiger partial charge >= 0.3 is 0 Å². The summed E-state index contributed by atoms with van der Waals surface area (Å²) in [6.07, 6.45) is 2.14. The molecule has 0 heterocycles. The van der Waals surface area contributed by atoms with Crippen LogP contribution in [0.5, 0.6) is 5.75 Å². The van der Waals surface area contributed by atoms with Crippen LogP contribution in [0.25, 0.3) is 0 Å². The molecule has 21 heavy (non-hydrogen) atoms. The van der Waals surface area contributed by atoms with Crippen molar-refractivity contribution in [1.82, 2.24) is 0 Å². The van der Waals surface area contributed by atoms with Gasteiger partial charge in [0.15, 0.2) is 0 Å². The maximum atomic E-state index is 12.4. The molecule has 0 radical (unpaired) electrons. The molecule has 0 bridgehead atoms. The molecule has 0 saturated carbocycles. The standard InChI is InChI=1S/C17H20N2O2/c1-3-5-12-8-10-13(11-9-12)19-17(20)16-14(18)6-4-7-15(16)21-2/h4,6-11H,3,5,18H2,1-2H3,(H,19,20). The summed E-state index contributed by atoms with van der Waals surface area (Å²) in [6.45, 7) is 2.14. The van der Waals surface area contributed by atoms with Crippen molar-refractivity contribution in [3.8, 4) is 5.75 Å². The van der Waals surface area contributed by atoms with Crippen LogP contribution in [-0.4, -0.2) is 13.0 Å². The first-order valence-corrected chi connectivity index (χ1v) is 6.98. The van der Waals surface area contributed by atoms with Crippen molar-refractivity contribution in [2.75, 3.05) is 18.2 Å². The number of ether oxygens (including phenoxy) is 1. The summed E-state index contributed by atoms with van der Waals surface area (Å²) in [5.41, 5.74) is 8.63. The van der Waals surface area contributed by atoms with Gasteiger partial charge in [0, 0.05) is 11.4 Å². The van der Waals surface area contributed by atoms with Crippen LogP contribution in [0.15, 0.2) is 42.5 Å². The Hall–Kier alpha value is -2.49. The normalized spacial score (nSPS) is 10.2. The van der Waals surface area contributed by atoms with Crippen molar-refractivity contribution in [2.24, 2.45) is 0 Å². The van der Waals surface area contributed by atoms with Crippen LogP contribution in [0.3, 0.4) is 0 Å². The van der Waals surface area contributed by atoms with Gasteiger partial charge in [-0.25, -0.2) is 0 Å². The predicted octanol–water partition coefficient (Wildman–Crippen LogP) is 3.48. The van der Waals surface area contributed by atoms with Crippen LogP contribution in [0, 0.1) is 0 Å². The van der Waals surface area contributed by atoms with E-state index in [2.05, 4.69) is 12.2 Å². The topological polar surface area (TPSA) is 64.4 Å². The summed E-state index contributed by atoms with van der Waals surface area (Å²) < 4.78 is 5.20. The van der Waals surface area contributed by atoms with Gasteiger partial charge in [-0.3, -0.25) is 4.79 Å². The third kappa shape index (κ3) is 3.54. The van der Waals surface area contributed by atoms with Crippen LogP contribution in [0.1, 0.15) is 29.3 Å². The lowest BCUT2D eigenvalue weighted by Gasteiger charge is -2.11. The maximum absolute atomic E-state index is 12.4. The van der Waals surface area contributed by atoms with Crippen molar-refractivity contribution >= 4 is 17.3 Å². The number of carbonyl (C=O) groups is 1. The summed E-state index contributed by atoms with van der Waals surface area (Å²) >= 11 is 0. The fourth-order valence-corrected chi connectivity index (χ4v) is 2.20. The zero-order valence-corrected chi connectivity index (χ0v) is 12.3. The lowest BCUT2D eigenvalue weighted by atomic mass is 10.1. The molecule has 0 unspecified atom stereocenters. The molecular formula is C17H20N2O2. The number of hydrogen-bond acceptors (Lipinski definition) is 3. The molecule has 0 saturated heterocycles. The number of nitrogens with one attached hydrogen (secondary N) is 1. The molecule has 0 aliphatic carbocycles. The Morgan fingerprint density at radius 1 is 1.19 bits per heavy atom. The minimum atomic E-state index is -0.270. The van der Waals surface area contributed by atoms with Gasteiger partial charge in [-0.2, -0.15) is 0 Å². The highest BCUT2D eigenvalue weighted by Crippen LogP contribution is 2.25. The quantitative estimate of drug-likeness (QED) is 0.826. The summed E-state index contributed by atoms with van der Waals surface area (Å²) in [6, 6.07) is 13.0. The molecule has 0 fully saturated rings. The van der Waals surface area contributed by atoms with Crippen molar-refractivity contribution in [3.63, 3.8) is 0 Å². The highest BCUT2D eigenvalue weighted by atomic mass is 16.5. The molecule has 2 aromatic carbocycles. The fraction of sp³-hybridized carbons (Fsp3) is 0.235. The van der Waals surface area contributed by atoms with Gasteiger partial charge in [0.05, 0.1) is 7.11 Å². The molecule has 0 aliphatic heterocycles. The molecule has 110 valence electrons. The summed E-state index contributed by atoms with van der Waals surface area (Å²) in [4.78, 5) is 12.4. The SMILES string of the molecule is CCCc1ccc(NC(=O)c2c(N)cccc2OC)cc1. The van der Waals surface area contributed by atoms with Gasteiger partial charge in [-0.05, 0) is 36.2 Å². The highest BCUT2D eigenvalue weighted by molar-refractivity contribution is 6.09. The predicted molar refractivity (Wildman–Crippen MR) is 85.8 cm³/mol. The average molecular weight is 284 g/mol. The van der Waals surface area contributed by atoms with E-state index in [9.17, 15) is 4.79 Å². The van der Waals surface area contributed by atoms with Crippen LogP contribution in [-0.2, 0) is 6.42 Å². The lowest BCUT2D eigenvalue weighted by Crippen LogP contribution is -2.15. The smallest absolute Gasteiger partial charge is 0.261 e. The number of hydrogen-bond donors (Lipinski definition) is 2. The number of nitrogen functional groups attached to an aromatic ring is 1. The highest BCUT2D eigenvalue weighted by Gasteiger charge is 2.15. The van der Waals surface area contributed by atoms with Gasteiger partial charge < -0.3 is 15.8 Å². The van der Waals surface area contributed by atoms with E-state index in [1.807, 2.05) is 24.3 Å². The Morgan fingerprint density at radius 2 is 1.90 bits per heavy atom. The number of amides is 1. The maximum Gasteiger partial charge on any atom is 0.261 e. The van der Waals surface area contributed by atoms with E-state index in [1.165, 1.54) is 12.7 Å². The number of nitrogens with two attached hydrogens (primary N) is 1. The van der Waals surface area contributed by atoms with Crippen molar-refractivity contribution in [3.05, 3.63) is 53.6 Å². The molecule has 1 amide bonds. The zero-order chi connectivity index (χ0) is 15.2. The van der Waals surface area contributed by atoms with Crippen LogP contribution < -0.4 is 15.8 Å².